The molecule has 0 aliphatic carbocycles. The Hall–Kier alpha value is -0.620. The van der Waals surface area contributed by atoms with Crippen LogP contribution in [0.4, 0.5) is 0 Å². The molecule has 3 aliphatic rings. The maximum Gasteiger partial charge on any atom is 0.116 e. The van der Waals surface area contributed by atoms with E-state index in [9.17, 15) is 0 Å². The van der Waals surface area contributed by atoms with E-state index in [-0.39, 0.29) is 0 Å². The highest BCUT2D eigenvalue weighted by Gasteiger charge is 2.26. The van der Waals surface area contributed by atoms with E-state index in [1.165, 1.54) is 6.26 Å². The van der Waals surface area contributed by atoms with E-state index in [0.29, 0.717) is 24.9 Å². The molecule has 3 rings (SSSR count). The lowest BCUT2D eigenvalue weighted by molar-refractivity contribution is 0.102. The first kappa shape index (κ1) is 11.9. The first-order valence-electron chi connectivity index (χ1n) is 5.53. The molecule has 0 radical (unpaired) electrons. The molecule has 3 atom stereocenters. The summed E-state index contributed by atoms with van der Waals surface area (Å²) >= 11 is 0. The first-order chi connectivity index (χ1) is 7.88. The van der Waals surface area contributed by atoms with Gasteiger partial charge in [-0.1, -0.05) is 6.58 Å². The molecular formula is C11H18O5. The van der Waals surface area contributed by atoms with Crippen LogP contribution in [0.25, 0.3) is 0 Å². The van der Waals surface area contributed by atoms with Crippen LogP contribution in [-0.4, -0.2) is 58.0 Å². The Morgan fingerprint density at radius 3 is 1.75 bits per heavy atom. The quantitative estimate of drug-likeness (QED) is 0.466. The lowest BCUT2D eigenvalue weighted by atomic mass is 10.5. The van der Waals surface area contributed by atoms with E-state index >= 15 is 0 Å². The molecule has 3 heterocycles. The monoisotopic (exact) mass is 230 g/mol. The largest absolute Gasteiger partial charge is 0.499 e. The number of hydrogen-bond acceptors (Lipinski definition) is 5. The Labute approximate surface area is 95.3 Å². The van der Waals surface area contributed by atoms with Gasteiger partial charge in [-0.25, -0.2) is 0 Å². The van der Waals surface area contributed by atoms with Gasteiger partial charge in [-0.15, -0.1) is 0 Å². The summed E-state index contributed by atoms with van der Waals surface area (Å²) in [4.78, 5) is 0. The Morgan fingerprint density at radius 2 is 1.38 bits per heavy atom. The molecule has 5 nitrogen and oxygen atoms in total. The zero-order valence-corrected chi connectivity index (χ0v) is 9.30. The van der Waals surface area contributed by atoms with Crippen LogP contribution in [-0.2, 0) is 23.7 Å². The molecule has 3 saturated heterocycles. The fourth-order valence-electron chi connectivity index (χ4n) is 0.999. The zero-order chi connectivity index (χ0) is 11.2. The van der Waals surface area contributed by atoms with Crippen molar-refractivity contribution < 1.29 is 23.7 Å². The maximum atomic E-state index is 5.23. The van der Waals surface area contributed by atoms with Crippen LogP contribution in [0.2, 0.25) is 0 Å². The average Bonchev–Trinajstić information content (AvgIpc) is 3.16. The third-order valence-corrected chi connectivity index (χ3v) is 2.21. The number of epoxide rings is 3. The predicted molar refractivity (Wildman–Crippen MR) is 56.2 cm³/mol. The van der Waals surface area contributed by atoms with Crippen LogP contribution in [0.5, 0.6) is 0 Å². The third kappa shape index (κ3) is 6.07. The summed E-state index contributed by atoms with van der Waals surface area (Å²) in [5.41, 5.74) is 0. The van der Waals surface area contributed by atoms with Gasteiger partial charge in [0.1, 0.15) is 24.9 Å². The second-order valence-electron chi connectivity index (χ2n) is 3.90. The molecule has 16 heavy (non-hydrogen) atoms. The van der Waals surface area contributed by atoms with E-state index in [1.807, 2.05) is 0 Å². The summed E-state index contributed by atoms with van der Waals surface area (Å²) in [5, 5.41) is 0. The maximum absolute atomic E-state index is 5.23. The van der Waals surface area contributed by atoms with Crippen molar-refractivity contribution in [3.8, 4) is 0 Å². The van der Waals surface area contributed by atoms with Crippen molar-refractivity contribution in [3.63, 3.8) is 0 Å². The van der Waals surface area contributed by atoms with Crippen molar-refractivity contribution >= 4 is 0 Å². The van der Waals surface area contributed by atoms with Crippen LogP contribution >= 0.6 is 0 Å². The van der Waals surface area contributed by atoms with E-state index in [4.69, 9.17) is 23.7 Å². The minimum atomic E-state index is 0.359. The predicted octanol–water partition coefficient (Wildman–Crippen LogP) is 0.346. The van der Waals surface area contributed by atoms with Crippen molar-refractivity contribution in [2.75, 3.05) is 39.6 Å². The number of rotatable bonds is 7. The van der Waals surface area contributed by atoms with Gasteiger partial charge in [-0.05, 0) is 0 Å². The molecule has 0 aromatic carbocycles. The molecule has 0 amide bonds. The van der Waals surface area contributed by atoms with Gasteiger partial charge in [0.2, 0.25) is 0 Å². The minimum Gasteiger partial charge on any atom is -0.499 e. The second-order valence-corrected chi connectivity index (χ2v) is 3.90. The Kier molecular flexibility index (Phi) is 4.59. The third-order valence-electron chi connectivity index (χ3n) is 2.21. The molecule has 0 aromatic heterocycles. The molecular weight excluding hydrogens is 212 g/mol. The highest BCUT2D eigenvalue weighted by Crippen LogP contribution is 2.12. The molecule has 0 N–H and O–H groups in total. The number of hydrogen-bond donors (Lipinski definition) is 0. The van der Waals surface area contributed by atoms with Crippen LogP contribution in [0.15, 0.2) is 12.8 Å². The zero-order valence-electron chi connectivity index (χ0n) is 9.30. The normalized spacial score (nSPS) is 33.4. The highest BCUT2D eigenvalue weighted by atomic mass is 16.6. The summed E-state index contributed by atoms with van der Waals surface area (Å²) in [6.45, 7) is 8.17. The molecule has 0 spiro atoms. The topological polar surface area (TPSA) is 56.0 Å². The van der Waals surface area contributed by atoms with Gasteiger partial charge in [-0.2, -0.15) is 0 Å². The minimum absolute atomic E-state index is 0.359. The summed E-state index contributed by atoms with van der Waals surface area (Å²) in [5.74, 6) is 0. The van der Waals surface area contributed by atoms with Crippen molar-refractivity contribution in [3.05, 3.63) is 12.8 Å². The Balaban J connectivity index is 0.000000125. The van der Waals surface area contributed by atoms with Crippen LogP contribution in [0, 0.1) is 0 Å². The summed E-state index contributed by atoms with van der Waals surface area (Å²) in [6, 6.07) is 0. The molecule has 0 bridgehead atoms. The Bertz CT molecular complexity index is 196. The van der Waals surface area contributed by atoms with Gasteiger partial charge in [0.05, 0.1) is 39.3 Å². The summed E-state index contributed by atoms with van der Waals surface area (Å²) < 4.78 is 24.8. The standard InChI is InChI=1S/C6H10O3.C5H8O2/c1(5-3-8-5)7-2-6-4-9-6;1-2-6-3-5-4-7-5/h5-6H,1-4H2;2,5H,1,3-4H2. The molecule has 5 heteroatoms. The van der Waals surface area contributed by atoms with Crippen LogP contribution in [0.3, 0.4) is 0 Å². The molecule has 0 saturated carbocycles. The second kappa shape index (κ2) is 6.20. The van der Waals surface area contributed by atoms with E-state index in [2.05, 4.69) is 6.58 Å². The van der Waals surface area contributed by atoms with E-state index in [1.54, 1.807) is 0 Å². The molecule has 3 aliphatic heterocycles. The lowest BCUT2D eigenvalue weighted by Crippen LogP contribution is -2.06. The molecule has 92 valence electrons. The highest BCUT2D eigenvalue weighted by molar-refractivity contribution is 4.71. The van der Waals surface area contributed by atoms with Crippen molar-refractivity contribution in [2.24, 2.45) is 0 Å². The van der Waals surface area contributed by atoms with Crippen LogP contribution in [0.1, 0.15) is 0 Å². The van der Waals surface area contributed by atoms with Gasteiger partial charge < -0.3 is 23.7 Å². The SMILES string of the molecule is C(OCC1CO1)C1CO1.C=COCC1CO1. The van der Waals surface area contributed by atoms with Gasteiger partial charge in [0.15, 0.2) is 0 Å². The molecule has 3 unspecified atom stereocenters. The van der Waals surface area contributed by atoms with Gasteiger partial charge in [0.25, 0.3) is 0 Å². The van der Waals surface area contributed by atoms with Gasteiger partial charge in [0, 0.05) is 0 Å². The van der Waals surface area contributed by atoms with Crippen molar-refractivity contribution in [2.45, 2.75) is 18.3 Å². The number of ether oxygens (including phenoxy) is 5. The van der Waals surface area contributed by atoms with Crippen molar-refractivity contribution in [1.29, 1.82) is 0 Å². The average molecular weight is 230 g/mol. The van der Waals surface area contributed by atoms with E-state index < -0.39 is 0 Å². The fourth-order valence-corrected chi connectivity index (χ4v) is 0.999. The van der Waals surface area contributed by atoms with E-state index in [0.717, 1.165) is 33.0 Å². The fraction of sp³-hybridized carbons (Fsp3) is 0.818. The van der Waals surface area contributed by atoms with Crippen molar-refractivity contribution in [1.82, 2.24) is 0 Å². The van der Waals surface area contributed by atoms with Gasteiger partial charge >= 0.3 is 0 Å². The van der Waals surface area contributed by atoms with Crippen LogP contribution < -0.4 is 0 Å². The summed E-state index contributed by atoms with van der Waals surface area (Å²) in [7, 11) is 0. The van der Waals surface area contributed by atoms with Gasteiger partial charge in [-0.3, -0.25) is 0 Å². The summed E-state index contributed by atoms with van der Waals surface area (Å²) in [6.07, 6.45) is 2.58. The molecule has 0 aromatic rings. The Morgan fingerprint density at radius 1 is 0.938 bits per heavy atom. The smallest absolute Gasteiger partial charge is 0.116 e. The molecule has 3 fully saturated rings. The lowest BCUT2D eigenvalue weighted by Gasteiger charge is -1.95. The first-order valence-corrected chi connectivity index (χ1v) is 5.53.